The number of unbranched alkanes of at least 4 members (excludes halogenated alkanes) is 1. The lowest BCUT2D eigenvalue weighted by molar-refractivity contribution is 0.216. The number of ether oxygens (including phenoxy) is 1. The maximum Gasteiger partial charge on any atom is 0.192 e. The van der Waals surface area contributed by atoms with Gasteiger partial charge >= 0.3 is 0 Å². The minimum Gasteiger partial charge on any atom is -0.493 e. The Balaban J connectivity index is 1.44. The van der Waals surface area contributed by atoms with E-state index in [2.05, 4.69) is 4.90 Å². The second-order valence-corrected chi connectivity index (χ2v) is 5.90. The minimum atomic E-state index is -0.0191. The van der Waals surface area contributed by atoms with E-state index < -0.39 is 0 Å². The summed E-state index contributed by atoms with van der Waals surface area (Å²) in [7, 11) is 0. The highest BCUT2D eigenvalue weighted by Gasteiger charge is 2.09. The Morgan fingerprint density at radius 1 is 1.09 bits per heavy atom. The van der Waals surface area contributed by atoms with Crippen molar-refractivity contribution in [3.05, 3.63) is 40.8 Å². The first kappa shape index (κ1) is 15.1. The highest BCUT2D eigenvalue weighted by atomic mass is 16.5. The molecule has 1 aliphatic rings. The van der Waals surface area contributed by atoms with Crippen molar-refractivity contribution in [3.8, 4) is 5.75 Å². The summed E-state index contributed by atoms with van der Waals surface area (Å²) in [4.78, 5) is 14.2. The maximum absolute atomic E-state index is 11.6. The second-order valence-electron chi connectivity index (χ2n) is 5.90. The van der Waals surface area contributed by atoms with E-state index in [-0.39, 0.29) is 5.43 Å². The number of fused-ring (bicyclic) bond motifs is 1. The monoisotopic (exact) mass is 301 g/mol. The van der Waals surface area contributed by atoms with Gasteiger partial charge in [-0.25, -0.2) is 0 Å². The molecule has 22 heavy (non-hydrogen) atoms. The number of hydrogen-bond donors (Lipinski definition) is 0. The molecule has 2 heterocycles. The number of hydrogen-bond acceptors (Lipinski definition) is 4. The molecule has 3 rings (SSSR count). The molecule has 0 saturated carbocycles. The molecule has 0 radical (unpaired) electrons. The fourth-order valence-electron chi connectivity index (χ4n) is 2.96. The molecule has 1 aliphatic heterocycles. The van der Waals surface area contributed by atoms with Crippen LogP contribution in [0.15, 0.2) is 39.7 Å². The van der Waals surface area contributed by atoms with Gasteiger partial charge in [0.1, 0.15) is 11.3 Å². The average molecular weight is 301 g/mol. The van der Waals surface area contributed by atoms with Gasteiger partial charge in [-0.3, -0.25) is 4.79 Å². The quantitative estimate of drug-likeness (QED) is 0.767. The van der Waals surface area contributed by atoms with Gasteiger partial charge < -0.3 is 14.1 Å². The van der Waals surface area contributed by atoms with E-state index in [4.69, 9.17) is 9.15 Å². The van der Waals surface area contributed by atoms with Crippen molar-refractivity contribution >= 4 is 11.0 Å². The van der Waals surface area contributed by atoms with Crippen LogP contribution in [0, 0.1) is 0 Å². The first-order valence-corrected chi connectivity index (χ1v) is 8.20. The van der Waals surface area contributed by atoms with E-state index in [1.165, 1.54) is 57.6 Å². The van der Waals surface area contributed by atoms with Crippen molar-refractivity contribution in [1.29, 1.82) is 0 Å². The van der Waals surface area contributed by atoms with E-state index >= 15 is 0 Å². The van der Waals surface area contributed by atoms with Gasteiger partial charge in [0.2, 0.25) is 0 Å². The Bertz CT molecular complexity index is 659. The third-order valence-electron chi connectivity index (χ3n) is 4.22. The molecule has 0 aliphatic carbocycles. The summed E-state index contributed by atoms with van der Waals surface area (Å²) in [5.41, 5.74) is 0.563. The molecule has 0 bridgehead atoms. The normalized spacial score (nSPS) is 16.0. The van der Waals surface area contributed by atoms with E-state index in [1.54, 1.807) is 12.1 Å². The molecule has 0 N–H and O–H groups in total. The van der Waals surface area contributed by atoms with Crippen LogP contribution in [0.1, 0.15) is 32.1 Å². The van der Waals surface area contributed by atoms with Gasteiger partial charge in [-0.05, 0) is 57.5 Å². The first-order valence-electron chi connectivity index (χ1n) is 8.20. The largest absolute Gasteiger partial charge is 0.493 e. The van der Waals surface area contributed by atoms with E-state index in [1.807, 2.05) is 6.07 Å². The molecular formula is C18H23NO3. The number of likely N-dealkylation sites (tertiary alicyclic amines) is 1. The van der Waals surface area contributed by atoms with E-state index in [9.17, 15) is 4.79 Å². The topological polar surface area (TPSA) is 42.7 Å². The van der Waals surface area contributed by atoms with Gasteiger partial charge in [0.05, 0.1) is 18.3 Å². The number of rotatable bonds is 6. The van der Waals surface area contributed by atoms with Crippen LogP contribution in [-0.4, -0.2) is 31.1 Å². The zero-order chi connectivity index (χ0) is 15.2. The van der Waals surface area contributed by atoms with Crippen molar-refractivity contribution < 1.29 is 9.15 Å². The zero-order valence-corrected chi connectivity index (χ0v) is 12.9. The van der Waals surface area contributed by atoms with E-state index in [0.29, 0.717) is 17.6 Å². The van der Waals surface area contributed by atoms with Crippen LogP contribution in [0.2, 0.25) is 0 Å². The molecule has 1 fully saturated rings. The SMILES string of the molecule is O=c1ccoc2cc(OCCCCN3CCCCC3)ccc12. The van der Waals surface area contributed by atoms with Crippen LogP contribution in [0.5, 0.6) is 5.75 Å². The first-order chi connectivity index (χ1) is 10.8. The minimum absolute atomic E-state index is 0.0191. The van der Waals surface area contributed by atoms with Gasteiger partial charge in [-0.1, -0.05) is 6.42 Å². The lowest BCUT2D eigenvalue weighted by Gasteiger charge is -2.26. The summed E-state index contributed by atoms with van der Waals surface area (Å²) < 4.78 is 11.1. The number of benzene rings is 1. The summed E-state index contributed by atoms with van der Waals surface area (Å²) in [5.74, 6) is 0.764. The molecule has 0 atom stereocenters. The maximum atomic E-state index is 11.6. The van der Waals surface area contributed by atoms with Crippen molar-refractivity contribution in [3.63, 3.8) is 0 Å². The van der Waals surface area contributed by atoms with Crippen molar-refractivity contribution in [2.24, 2.45) is 0 Å². The van der Waals surface area contributed by atoms with Crippen LogP contribution in [-0.2, 0) is 0 Å². The smallest absolute Gasteiger partial charge is 0.192 e. The molecular weight excluding hydrogens is 278 g/mol. The van der Waals surface area contributed by atoms with Crippen molar-refractivity contribution in [2.75, 3.05) is 26.2 Å². The molecule has 4 nitrogen and oxygen atoms in total. The van der Waals surface area contributed by atoms with Crippen molar-refractivity contribution in [2.45, 2.75) is 32.1 Å². The van der Waals surface area contributed by atoms with Gasteiger partial charge in [-0.2, -0.15) is 0 Å². The molecule has 4 heteroatoms. The number of nitrogens with zero attached hydrogens (tertiary/aromatic N) is 1. The highest BCUT2D eigenvalue weighted by Crippen LogP contribution is 2.18. The Morgan fingerprint density at radius 3 is 2.82 bits per heavy atom. The summed E-state index contributed by atoms with van der Waals surface area (Å²) in [6, 6.07) is 6.83. The van der Waals surface area contributed by atoms with Gasteiger partial charge in [-0.15, -0.1) is 0 Å². The molecule has 2 aromatic rings. The third-order valence-corrected chi connectivity index (χ3v) is 4.22. The molecule has 0 unspecified atom stereocenters. The van der Waals surface area contributed by atoms with Crippen molar-refractivity contribution in [1.82, 2.24) is 4.90 Å². The fraction of sp³-hybridized carbons (Fsp3) is 0.500. The fourth-order valence-corrected chi connectivity index (χ4v) is 2.96. The zero-order valence-electron chi connectivity index (χ0n) is 12.9. The molecule has 118 valence electrons. The Labute approximate surface area is 130 Å². The molecule has 0 spiro atoms. The van der Waals surface area contributed by atoms with Crippen LogP contribution < -0.4 is 10.2 Å². The summed E-state index contributed by atoms with van der Waals surface area (Å²) >= 11 is 0. The molecule has 1 aromatic heterocycles. The Morgan fingerprint density at radius 2 is 1.95 bits per heavy atom. The van der Waals surface area contributed by atoms with Gasteiger partial charge in [0, 0.05) is 12.1 Å². The number of piperidine rings is 1. The van der Waals surface area contributed by atoms with Gasteiger partial charge in [0.15, 0.2) is 5.43 Å². The predicted octanol–water partition coefficient (Wildman–Crippen LogP) is 3.44. The summed E-state index contributed by atoms with van der Waals surface area (Å²) in [6.45, 7) is 4.39. The lowest BCUT2D eigenvalue weighted by atomic mass is 10.1. The molecule has 1 aromatic carbocycles. The highest BCUT2D eigenvalue weighted by molar-refractivity contribution is 5.77. The van der Waals surface area contributed by atoms with Gasteiger partial charge in [0.25, 0.3) is 0 Å². The average Bonchev–Trinajstić information content (AvgIpc) is 2.56. The third kappa shape index (κ3) is 3.89. The lowest BCUT2D eigenvalue weighted by Crippen LogP contribution is -2.30. The molecule has 0 amide bonds. The summed E-state index contributed by atoms with van der Waals surface area (Å²) in [5, 5.41) is 0.597. The second kappa shape index (κ2) is 7.45. The van der Waals surface area contributed by atoms with Crippen LogP contribution in [0.3, 0.4) is 0 Å². The predicted molar refractivity (Wildman–Crippen MR) is 87.5 cm³/mol. The Kier molecular flexibility index (Phi) is 5.11. The Hall–Kier alpha value is -1.81. The standard InChI is InChI=1S/C18H23NO3/c20-17-8-13-22-18-14-15(6-7-16(17)18)21-12-5-4-11-19-9-2-1-3-10-19/h6-8,13-14H,1-5,9-12H2. The van der Waals surface area contributed by atoms with Crippen LogP contribution >= 0.6 is 0 Å². The van der Waals surface area contributed by atoms with Crippen LogP contribution in [0.25, 0.3) is 11.0 Å². The molecule has 1 saturated heterocycles. The van der Waals surface area contributed by atoms with Crippen LogP contribution in [0.4, 0.5) is 0 Å². The van der Waals surface area contributed by atoms with E-state index in [0.717, 1.165) is 12.2 Å². The summed E-state index contributed by atoms with van der Waals surface area (Å²) in [6.07, 6.45) is 7.72.